The van der Waals surface area contributed by atoms with E-state index in [0.717, 1.165) is 5.56 Å². The predicted molar refractivity (Wildman–Crippen MR) is 94.4 cm³/mol. The Kier molecular flexibility index (Phi) is 6.32. The summed E-state index contributed by atoms with van der Waals surface area (Å²) in [7, 11) is 1.26. The van der Waals surface area contributed by atoms with E-state index in [9.17, 15) is 9.59 Å². The highest BCUT2D eigenvalue weighted by molar-refractivity contribution is 5.81. The molecule has 0 fully saturated rings. The Bertz CT molecular complexity index is 737. The molecule has 1 amide bonds. The van der Waals surface area contributed by atoms with E-state index >= 15 is 0 Å². The number of hydrogen-bond donors (Lipinski definition) is 1. The maximum atomic E-state index is 12.0. The van der Waals surface area contributed by atoms with Crippen molar-refractivity contribution in [3.63, 3.8) is 0 Å². The third kappa shape index (κ3) is 6.19. The summed E-state index contributed by atoms with van der Waals surface area (Å²) in [5.41, 5.74) is 0.983. The van der Waals surface area contributed by atoms with Crippen molar-refractivity contribution < 1.29 is 19.1 Å². The maximum absolute atomic E-state index is 12.0. The van der Waals surface area contributed by atoms with Crippen LogP contribution in [-0.4, -0.2) is 45.8 Å². The molecule has 0 aliphatic carbocycles. The minimum absolute atomic E-state index is 0.153. The number of benzene rings is 1. The average Bonchev–Trinajstić information content (AvgIpc) is 2.99. The molecule has 8 nitrogen and oxygen atoms in total. The molecule has 0 unspecified atom stereocenters. The van der Waals surface area contributed by atoms with Gasteiger partial charge in [-0.25, -0.2) is 14.3 Å². The van der Waals surface area contributed by atoms with Crippen molar-refractivity contribution in [3.8, 4) is 0 Å². The third-order valence-corrected chi connectivity index (χ3v) is 3.36. The number of nitrogens with one attached hydrogen (secondary N) is 1. The first kappa shape index (κ1) is 19.4. The van der Waals surface area contributed by atoms with Crippen molar-refractivity contribution in [2.45, 2.75) is 45.4 Å². The number of methoxy groups -OCH3 is 1. The van der Waals surface area contributed by atoms with Gasteiger partial charge in [0.15, 0.2) is 0 Å². The normalized spacial score (nSPS) is 12.3. The van der Waals surface area contributed by atoms with Crippen molar-refractivity contribution in [1.29, 1.82) is 0 Å². The monoisotopic (exact) mass is 360 g/mol. The highest BCUT2D eigenvalue weighted by Gasteiger charge is 2.26. The van der Waals surface area contributed by atoms with Crippen LogP contribution in [0, 0.1) is 0 Å². The molecule has 1 aromatic heterocycles. The molecule has 0 radical (unpaired) electrons. The van der Waals surface area contributed by atoms with Gasteiger partial charge in [0.1, 0.15) is 11.6 Å². The van der Waals surface area contributed by atoms with Gasteiger partial charge in [-0.3, -0.25) is 0 Å². The van der Waals surface area contributed by atoms with Gasteiger partial charge in [0.25, 0.3) is 0 Å². The van der Waals surface area contributed by atoms with E-state index in [-0.39, 0.29) is 6.42 Å². The van der Waals surface area contributed by atoms with Crippen LogP contribution in [-0.2, 0) is 27.2 Å². The molecule has 1 heterocycles. The molecule has 0 spiro atoms. The number of alkyl carbamates (subject to hydrolysis) is 1. The molecular formula is C18H24N4O4. The molecule has 1 atom stereocenters. The van der Waals surface area contributed by atoms with E-state index in [1.54, 1.807) is 31.6 Å². The van der Waals surface area contributed by atoms with Crippen LogP contribution in [0.4, 0.5) is 4.79 Å². The van der Waals surface area contributed by atoms with Crippen molar-refractivity contribution in [2.24, 2.45) is 0 Å². The summed E-state index contributed by atoms with van der Waals surface area (Å²) in [5.74, 6) is -0.575. The van der Waals surface area contributed by atoms with Crippen molar-refractivity contribution in [2.75, 3.05) is 7.11 Å². The van der Waals surface area contributed by atoms with Gasteiger partial charge in [-0.05, 0) is 26.3 Å². The van der Waals surface area contributed by atoms with Crippen molar-refractivity contribution >= 4 is 12.1 Å². The highest BCUT2D eigenvalue weighted by Crippen LogP contribution is 2.09. The number of ether oxygens (including phenoxy) is 2. The van der Waals surface area contributed by atoms with E-state index in [1.165, 1.54) is 7.11 Å². The molecule has 0 saturated carbocycles. The molecule has 1 N–H and O–H groups in total. The van der Waals surface area contributed by atoms with E-state index in [0.29, 0.717) is 12.2 Å². The lowest BCUT2D eigenvalue weighted by molar-refractivity contribution is -0.143. The molecular weight excluding hydrogens is 336 g/mol. The largest absolute Gasteiger partial charge is 0.467 e. The zero-order chi connectivity index (χ0) is 19.2. The fourth-order valence-corrected chi connectivity index (χ4v) is 2.27. The third-order valence-electron chi connectivity index (χ3n) is 3.36. The average molecular weight is 360 g/mol. The first-order chi connectivity index (χ1) is 12.3. The predicted octanol–water partition coefficient (Wildman–Crippen LogP) is 1.94. The minimum Gasteiger partial charge on any atom is -0.467 e. The van der Waals surface area contributed by atoms with Crippen LogP contribution >= 0.6 is 0 Å². The van der Waals surface area contributed by atoms with Crippen LogP contribution in [0.3, 0.4) is 0 Å². The summed E-state index contributed by atoms with van der Waals surface area (Å²) in [6.07, 6.45) is 1.20. The van der Waals surface area contributed by atoms with Gasteiger partial charge in [0.2, 0.25) is 0 Å². The van der Waals surface area contributed by atoms with Gasteiger partial charge in [-0.2, -0.15) is 0 Å². The molecule has 0 bridgehead atoms. The second-order valence-electron chi connectivity index (χ2n) is 6.82. The Morgan fingerprint density at radius 3 is 2.54 bits per heavy atom. The Hall–Kier alpha value is -2.90. The number of hydrogen-bond acceptors (Lipinski definition) is 6. The summed E-state index contributed by atoms with van der Waals surface area (Å²) in [5, 5.41) is 10.6. The molecule has 8 heteroatoms. The van der Waals surface area contributed by atoms with Crippen LogP contribution in [0.2, 0.25) is 0 Å². The van der Waals surface area contributed by atoms with E-state index in [1.807, 2.05) is 30.3 Å². The molecule has 0 aliphatic rings. The van der Waals surface area contributed by atoms with Gasteiger partial charge in [-0.1, -0.05) is 35.5 Å². The van der Waals surface area contributed by atoms with Crippen LogP contribution in [0.5, 0.6) is 0 Å². The van der Waals surface area contributed by atoms with E-state index in [4.69, 9.17) is 9.47 Å². The standard InChI is InChI=1S/C18H24N4O4/c1-18(2,3)26-17(24)19-15(16(23)25-4)10-14-12-22(21-20-14)11-13-8-6-5-7-9-13/h5-9,12,15H,10-11H2,1-4H3,(H,19,24)/t15-/m1/s1. The highest BCUT2D eigenvalue weighted by atomic mass is 16.6. The quantitative estimate of drug-likeness (QED) is 0.791. The van der Waals surface area contributed by atoms with Crippen LogP contribution in [0.25, 0.3) is 0 Å². The van der Waals surface area contributed by atoms with Gasteiger partial charge in [0, 0.05) is 12.6 Å². The second kappa shape index (κ2) is 8.46. The number of esters is 1. The number of rotatable bonds is 6. The van der Waals surface area contributed by atoms with Crippen molar-refractivity contribution in [3.05, 3.63) is 47.8 Å². The second-order valence-corrected chi connectivity index (χ2v) is 6.82. The SMILES string of the molecule is COC(=O)[C@@H](Cc1cn(Cc2ccccc2)nn1)NC(=O)OC(C)(C)C. The Labute approximate surface area is 152 Å². The van der Waals surface area contributed by atoms with Gasteiger partial charge in [0.05, 0.1) is 19.3 Å². The smallest absolute Gasteiger partial charge is 0.408 e. The van der Waals surface area contributed by atoms with Gasteiger partial charge < -0.3 is 14.8 Å². The Morgan fingerprint density at radius 2 is 1.92 bits per heavy atom. The number of aromatic nitrogens is 3. The van der Waals surface area contributed by atoms with Crippen LogP contribution in [0.15, 0.2) is 36.5 Å². The zero-order valence-corrected chi connectivity index (χ0v) is 15.4. The zero-order valence-electron chi connectivity index (χ0n) is 15.4. The molecule has 1 aromatic carbocycles. The van der Waals surface area contributed by atoms with Crippen LogP contribution in [0.1, 0.15) is 32.0 Å². The molecule has 0 aliphatic heterocycles. The van der Waals surface area contributed by atoms with Crippen LogP contribution < -0.4 is 5.32 Å². The summed E-state index contributed by atoms with van der Waals surface area (Å²) in [6, 6.07) is 8.91. The summed E-state index contributed by atoms with van der Waals surface area (Å²) < 4.78 is 11.6. The topological polar surface area (TPSA) is 95.3 Å². The van der Waals surface area contributed by atoms with Gasteiger partial charge >= 0.3 is 12.1 Å². The van der Waals surface area contributed by atoms with E-state index in [2.05, 4.69) is 15.6 Å². The fourth-order valence-electron chi connectivity index (χ4n) is 2.27. The number of nitrogens with zero attached hydrogens (tertiary/aromatic N) is 3. The summed E-state index contributed by atoms with van der Waals surface area (Å²) in [6.45, 7) is 5.80. The number of carbonyl (C=O) groups is 2. The fraction of sp³-hybridized carbons (Fsp3) is 0.444. The number of carbonyl (C=O) groups excluding carboxylic acids is 2. The molecule has 2 rings (SSSR count). The molecule has 140 valence electrons. The minimum atomic E-state index is -0.906. The lowest BCUT2D eigenvalue weighted by Crippen LogP contribution is -2.45. The lowest BCUT2D eigenvalue weighted by atomic mass is 10.1. The Balaban J connectivity index is 2.02. The first-order valence-corrected chi connectivity index (χ1v) is 8.27. The van der Waals surface area contributed by atoms with Crippen molar-refractivity contribution in [1.82, 2.24) is 20.3 Å². The summed E-state index contributed by atoms with van der Waals surface area (Å²) in [4.78, 5) is 23.9. The molecule has 26 heavy (non-hydrogen) atoms. The Morgan fingerprint density at radius 1 is 1.23 bits per heavy atom. The van der Waals surface area contributed by atoms with Gasteiger partial charge in [-0.15, -0.1) is 5.10 Å². The molecule has 2 aromatic rings. The first-order valence-electron chi connectivity index (χ1n) is 8.27. The summed E-state index contributed by atoms with van der Waals surface area (Å²) >= 11 is 0. The maximum Gasteiger partial charge on any atom is 0.408 e. The van der Waals surface area contributed by atoms with E-state index < -0.39 is 23.7 Å². The number of amides is 1. The molecule has 0 saturated heterocycles. The lowest BCUT2D eigenvalue weighted by Gasteiger charge is -2.22.